The number of benzene rings is 2. The molecule has 1 amide bonds. The van der Waals surface area contributed by atoms with Crippen LogP contribution in [0.3, 0.4) is 0 Å². The van der Waals surface area contributed by atoms with E-state index in [0.717, 1.165) is 15.4 Å². The number of amides is 1. The minimum Gasteiger partial charge on any atom is -0.342 e. The van der Waals surface area contributed by atoms with E-state index in [4.69, 9.17) is 11.6 Å². The van der Waals surface area contributed by atoms with Crippen LogP contribution in [0.4, 0.5) is 0 Å². The first kappa shape index (κ1) is 19.9. The van der Waals surface area contributed by atoms with Crippen molar-refractivity contribution in [2.75, 3.05) is 0 Å². The summed E-state index contributed by atoms with van der Waals surface area (Å²) in [6, 6.07) is 14.7. The molecule has 0 radical (unpaired) electrons. The summed E-state index contributed by atoms with van der Waals surface area (Å²) < 4.78 is 2.97. The summed E-state index contributed by atoms with van der Waals surface area (Å²) in [6.07, 6.45) is 0. The van der Waals surface area contributed by atoms with Crippen LogP contribution >= 0.6 is 39.3 Å². The summed E-state index contributed by atoms with van der Waals surface area (Å²) in [7, 11) is 1.91. The molecule has 0 aliphatic heterocycles. The third-order valence-electron chi connectivity index (χ3n) is 3.99. The van der Waals surface area contributed by atoms with E-state index in [2.05, 4.69) is 43.6 Å². The van der Waals surface area contributed by atoms with E-state index in [1.165, 1.54) is 5.56 Å². The Bertz CT molecular complexity index is 928. The zero-order chi connectivity index (χ0) is 19.4. The van der Waals surface area contributed by atoms with Gasteiger partial charge in [0, 0.05) is 27.9 Å². The van der Waals surface area contributed by atoms with E-state index in [1.54, 1.807) is 36.0 Å². The van der Waals surface area contributed by atoms with Crippen LogP contribution in [-0.4, -0.2) is 20.7 Å². The number of hydrogen-bond donors (Lipinski definition) is 1. The van der Waals surface area contributed by atoms with Crippen molar-refractivity contribution < 1.29 is 4.79 Å². The van der Waals surface area contributed by atoms with Crippen molar-refractivity contribution in [2.24, 2.45) is 7.05 Å². The normalized spacial score (nSPS) is 12.0. The summed E-state index contributed by atoms with van der Waals surface area (Å²) in [5, 5.41) is 12.9. The van der Waals surface area contributed by atoms with E-state index in [-0.39, 0.29) is 11.9 Å². The van der Waals surface area contributed by atoms with Gasteiger partial charge in [-0.3, -0.25) is 4.79 Å². The second-order valence-corrected chi connectivity index (χ2v) is 8.31. The SMILES string of the molecule is C[C@@H](NC(=O)c1ccc(Cl)cc1)c1nnc(SCc2ccc(Br)cc2)n1C. The lowest BCUT2D eigenvalue weighted by Crippen LogP contribution is -2.28. The molecular weight excluding hydrogens is 448 g/mol. The molecule has 0 bridgehead atoms. The molecule has 0 fully saturated rings. The van der Waals surface area contributed by atoms with Gasteiger partial charge in [0.15, 0.2) is 11.0 Å². The maximum absolute atomic E-state index is 12.4. The Hall–Kier alpha value is -1.83. The highest BCUT2D eigenvalue weighted by Gasteiger charge is 2.18. The molecule has 0 aliphatic carbocycles. The number of carbonyl (C=O) groups excluding carboxylic acids is 1. The molecule has 3 rings (SSSR count). The third-order valence-corrected chi connectivity index (χ3v) is 5.86. The fourth-order valence-electron chi connectivity index (χ4n) is 2.50. The average molecular weight is 466 g/mol. The van der Waals surface area contributed by atoms with Crippen molar-refractivity contribution in [1.82, 2.24) is 20.1 Å². The number of thioether (sulfide) groups is 1. The topological polar surface area (TPSA) is 59.8 Å². The molecule has 1 N–H and O–H groups in total. The fraction of sp³-hybridized carbons (Fsp3) is 0.211. The van der Waals surface area contributed by atoms with Crippen LogP contribution in [0, 0.1) is 0 Å². The van der Waals surface area contributed by atoms with Gasteiger partial charge in [0.1, 0.15) is 0 Å². The standard InChI is InChI=1S/C19H18BrClN4OS/c1-12(22-18(26)14-5-9-16(21)10-6-14)17-23-24-19(25(17)2)27-11-13-3-7-15(20)8-4-13/h3-10,12H,11H2,1-2H3,(H,22,26)/t12-/m1/s1. The van der Waals surface area contributed by atoms with Crippen LogP contribution in [-0.2, 0) is 12.8 Å². The van der Waals surface area contributed by atoms with Gasteiger partial charge in [-0.1, -0.05) is 51.4 Å². The van der Waals surface area contributed by atoms with E-state index >= 15 is 0 Å². The quantitative estimate of drug-likeness (QED) is 0.520. The van der Waals surface area contributed by atoms with E-state index in [1.807, 2.05) is 30.7 Å². The number of aromatic nitrogens is 3. The Balaban J connectivity index is 1.64. The summed E-state index contributed by atoms with van der Waals surface area (Å²) >= 11 is 10.9. The minimum absolute atomic E-state index is 0.175. The number of halogens is 2. The van der Waals surface area contributed by atoms with Gasteiger partial charge in [-0.2, -0.15) is 0 Å². The van der Waals surface area contributed by atoms with Crippen LogP contribution in [0.25, 0.3) is 0 Å². The molecule has 1 heterocycles. The largest absolute Gasteiger partial charge is 0.342 e. The highest BCUT2D eigenvalue weighted by atomic mass is 79.9. The monoisotopic (exact) mass is 464 g/mol. The van der Waals surface area contributed by atoms with Crippen molar-refractivity contribution in [3.05, 3.63) is 75.0 Å². The van der Waals surface area contributed by atoms with Crippen LogP contribution in [0.2, 0.25) is 5.02 Å². The lowest BCUT2D eigenvalue weighted by Gasteiger charge is -2.13. The summed E-state index contributed by atoms with van der Waals surface area (Å²) in [5.41, 5.74) is 1.76. The summed E-state index contributed by atoms with van der Waals surface area (Å²) in [5.74, 6) is 1.33. The van der Waals surface area contributed by atoms with Crippen LogP contribution < -0.4 is 5.32 Å². The second-order valence-electron chi connectivity index (χ2n) is 6.02. The second kappa shape index (κ2) is 8.91. The van der Waals surface area contributed by atoms with Gasteiger partial charge in [-0.15, -0.1) is 10.2 Å². The highest BCUT2D eigenvalue weighted by molar-refractivity contribution is 9.10. The van der Waals surface area contributed by atoms with Crippen molar-refractivity contribution in [2.45, 2.75) is 23.9 Å². The Morgan fingerprint density at radius 2 is 1.85 bits per heavy atom. The molecule has 0 unspecified atom stereocenters. The first-order valence-electron chi connectivity index (χ1n) is 8.27. The minimum atomic E-state index is -0.271. The smallest absolute Gasteiger partial charge is 0.251 e. The number of hydrogen-bond acceptors (Lipinski definition) is 4. The van der Waals surface area contributed by atoms with Gasteiger partial charge in [0.2, 0.25) is 0 Å². The van der Waals surface area contributed by atoms with Gasteiger partial charge in [0.05, 0.1) is 6.04 Å². The molecule has 140 valence electrons. The molecular formula is C19H18BrClN4OS. The Kier molecular flexibility index (Phi) is 6.57. The molecule has 3 aromatic rings. The molecule has 1 aromatic heterocycles. The molecule has 8 heteroatoms. The number of nitrogens with zero attached hydrogens (tertiary/aromatic N) is 3. The first-order chi connectivity index (χ1) is 12.9. The van der Waals surface area contributed by atoms with E-state index in [0.29, 0.717) is 16.4 Å². The van der Waals surface area contributed by atoms with Crippen molar-refractivity contribution in [1.29, 1.82) is 0 Å². The van der Waals surface area contributed by atoms with Gasteiger partial charge in [-0.05, 0) is 48.9 Å². The van der Waals surface area contributed by atoms with Gasteiger partial charge in [-0.25, -0.2) is 0 Å². The van der Waals surface area contributed by atoms with Gasteiger partial charge >= 0.3 is 0 Å². The third kappa shape index (κ3) is 5.12. The fourth-order valence-corrected chi connectivity index (χ4v) is 3.77. The molecule has 27 heavy (non-hydrogen) atoms. The number of rotatable bonds is 6. The summed E-state index contributed by atoms with van der Waals surface area (Å²) in [6.45, 7) is 1.89. The predicted octanol–water partition coefficient (Wildman–Crippen LogP) is 5.01. The highest BCUT2D eigenvalue weighted by Crippen LogP contribution is 2.24. The molecule has 0 saturated heterocycles. The van der Waals surface area contributed by atoms with Crippen LogP contribution in [0.15, 0.2) is 58.2 Å². The molecule has 5 nitrogen and oxygen atoms in total. The zero-order valence-corrected chi connectivity index (χ0v) is 18.0. The molecule has 2 aromatic carbocycles. The molecule has 0 spiro atoms. The molecule has 0 aliphatic rings. The Morgan fingerprint density at radius 1 is 1.19 bits per heavy atom. The first-order valence-corrected chi connectivity index (χ1v) is 10.4. The van der Waals surface area contributed by atoms with E-state index in [9.17, 15) is 4.79 Å². The van der Waals surface area contributed by atoms with Gasteiger partial charge < -0.3 is 9.88 Å². The lowest BCUT2D eigenvalue weighted by atomic mass is 10.2. The molecule has 0 saturated carbocycles. The van der Waals surface area contributed by atoms with Gasteiger partial charge in [0.25, 0.3) is 5.91 Å². The Morgan fingerprint density at radius 3 is 2.52 bits per heavy atom. The van der Waals surface area contributed by atoms with Crippen molar-refractivity contribution in [3.63, 3.8) is 0 Å². The predicted molar refractivity (Wildman–Crippen MR) is 112 cm³/mol. The van der Waals surface area contributed by atoms with Crippen molar-refractivity contribution in [3.8, 4) is 0 Å². The maximum atomic E-state index is 12.4. The molecule has 1 atom stereocenters. The zero-order valence-electron chi connectivity index (χ0n) is 14.8. The van der Waals surface area contributed by atoms with Crippen molar-refractivity contribution >= 4 is 45.2 Å². The van der Waals surface area contributed by atoms with Crippen LogP contribution in [0.1, 0.15) is 34.7 Å². The maximum Gasteiger partial charge on any atom is 0.251 e. The lowest BCUT2D eigenvalue weighted by molar-refractivity contribution is 0.0937. The number of carbonyl (C=O) groups is 1. The Labute approximate surface area is 175 Å². The van der Waals surface area contributed by atoms with E-state index < -0.39 is 0 Å². The summed E-state index contributed by atoms with van der Waals surface area (Å²) in [4.78, 5) is 12.4. The number of nitrogens with one attached hydrogen (secondary N) is 1. The van der Waals surface area contributed by atoms with Crippen LogP contribution in [0.5, 0.6) is 0 Å². The average Bonchev–Trinajstić information content (AvgIpc) is 3.02.